The van der Waals surface area contributed by atoms with Crippen molar-refractivity contribution in [1.82, 2.24) is 4.90 Å². The Morgan fingerprint density at radius 3 is 2.64 bits per heavy atom. The predicted octanol–water partition coefficient (Wildman–Crippen LogP) is 2.02. The van der Waals surface area contributed by atoms with Crippen LogP contribution in [0.15, 0.2) is 18.2 Å². The molecule has 1 heterocycles. The highest BCUT2D eigenvalue weighted by Crippen LogP contribution is 2.28. The minimum atomic E-state index is -0.545. The lowest BCUT2D eigenvalue weighted by Gasteiger charge is -2.29. The second-order valence-electron chi connectivity index (χ2n) is 5.99. The van der Waals surface area contributed by atoms with Crippen LogP contribution in [0, 0.1) is 5.41 Å². The first-order valence-electron chi connectivity index (χ1n) is 7.87. The number of fused-ring (bicyclic) bond motifs is 1. The monoisotopic (exact) mass is 303 g/mol. The third-order valence-corrected chi connectivity index (χ3v) is 4.89. The maximum Gasteiger partial charge on any atom is 0.253 e. The summed E-state index contributed by atoms with van der Waals surface area (Å²) >= 11 is 0. The standard InChI is InChI=1S/C17H25N3O2/c1-4-17(5-2,11-18)16(22)19-13-7-6-12-8-9-20(3)15(21)14(12)10-13/h6-7,10H,4-5,8-9,11,18H2,1-3H3,(H,19,22). The number of hydrogen-bond donors (Lipinski definition) is 2. The zero-order valence-corrected chi connectivity index (χ0v) is 13.6. The maximum absolute atomic E-state index is 12.6. The molecular formula is C17H25N3O2. The first kappa shape index (κ1) is 16.5. The Kier molecular flexibility index (Phi) is 4.86. The van der Waals surface area contributed by atoms with E-state index in [4.69, 9.17) is 5.73 Å². The van der Waals surface area contributed by atoms with Gasteiger partial charge in [-0.3, -0.25) is 9.59 Å². The average molecular weight is 303 g/mol. The molecule has 0 aromatic heterocycles. The van der Waals surface area contributed by atoms with Gasteiger partial charge in [-0.25, -0.2) is 0 Å². The summed E-state index contributed by atoms with van der Waals surface area (Å²) in [7, 11) is 1.80. The van der Waals surface area contributed by atoms with Gasteiger partial charge < -0.3 is 16.0 Å². The number of anilines is 1. The van der Waals surface area contributed by atoms with Gasteiger partial charge in [0.15, 0.2) is 0 Å². The number of nitrogens with two attached hydrogens (primary N) is 1. The summed E-state index contributed by atoms with van der Waals surface area (Å²) in [6.45, 7) is 5.00. The first-order valence-corrected chi connectivity index (χ1v) is 7.87. The number of carbonyl (C=O) groups excluding carboxylic acids is 2. The molecule has 0 aliphatic carbocycles. The molecule has 0 radical (unpaired) electrons. The number of nitrogens with zero attached hydrogens (tertiary/aromatic N) is 1. The van der Waals surface area contributed by atoms with E-state index in [1.807, 2.05) is 26.0 Å². The van der Waals surface area contributed by atoms with E-state index in [1.54, 1.807) is 18.0 Å². The molecule has 1 aromatic rings. The van der Waals surface area contributed by atoms with Crippen LogP contribution >= 0.6 is 0 Å². The number of hydrogen-bond acceptors (Lipinski definition) is 3. The molecule has 5 heteroatoms. The van der Waals surface area contributed by atoms with Crippen LogP contribution in [0.3, 0.4) is 0 Å². The van der Waals surface area contributed by atoms with E-state index in [2.05, 4.69) is 5.32 Å². The predicted molar refractivity (Wildman–Crippen MR) is 87.8 cm³/mol. The lowest BCUT2D eigenvalue weighted by molar-refractivity contribution is -0.125. The number of carbonyl (C=O) groups is 2. The van der Waals surface area contributed by atoms with Crippen molar-refractivity contribution < 1.29 is 9.59 Å². The van der Waals surface area contributed by atoms with Crippen LogP contribution in [0.4, 0.5) is 5.69 Å². The van der Waals surface area contributed by atoms with Gasteiger partial charge in [0.25, 0.3) is 5.91 Å². The normalized spacial score (nSPS) is 14.7. The van der Waals surface area contributed by atoms with Crippen molar-refractivity contribution in [1.29, 1.82) is 0 Å². The van der Waals surface area contributed by atoms with Gasteiger partial charge in [0.05, 0.1) is 5.41 Å². The Bertz CT molecular complexity index is 571. The van der Waals surface area contributed by atoms with Crippen molar-refractivity contribution in [2.45, 2.75) is 33.1 Å². The van der Waals surface area contributed by atoms with Crippen molar-refractivity contribution in [3.05, 3.63) is 29.3 Å². The fraction of sp³-hybridized carbons (Fsp3) is 0.529. The molecule has 0 atom stereocenters. The fourth-order valence-corrected chi connectivity index (χ4v) is 2.88. The minimum Gasteiger partial charge on any atom is -0.341 e. The number of rotatable bonds is 5. The van der Waals surface area contributed by atoms with E-state index in [9.17, 15) is 9.59 Å². The summed E-state index contributed by atoms with van der Waals surface area (Å²) in [6.07, 6.45) is 2.24. The summed E-state index contributed by atoms with van der Waals surface area (Å²) in [4.78, 5) is 26.5. The van der Waals surface area contributed by atoms with Crippen LogP contribution in [0.2, 0.25) is 0 Å². The van der Waals surface area contributed by atoms with Gasteiger partial charge in [0.1, 0.15) is 0 Å². The summed E-state index contributed by atoms with van der Waals surface area (Å²) in [5.41, 5.74) is 7.64. The van der Waals surface area contributed by atoms with E-state index in [-0.39, 0.29) is 11.8 Å². The molecule has 0 saturated heterocycles. The van der Waals surface area contributed by atoms with Crippen molar-refractivity contribution in [3.8, 4) is 0 Å². The largest absolute Gasteiger partial charge is 0.341 e. The van der Waals surface area contributed by atoms with Crippen molar-refractivity contribution in [2.24, 2.45) is 11.1 Å². The molecule has 0 unspecified atom stereocenters. The van der Waals surface area contributed by atoms with Gasteiger partial charge in [-0.1, -0.05) is 19.9 Å². The molecule has 0 saturated carbocycles. The summed E-state index contributed by atoms with van der Waals surface area (Å²) < 4.78 is 0. The Labute approximate surface area is 131 Å². The topological polar surface area (TPSA) is 75.4 Å². The Morgan fingerprint density at radius 1 is 1.36 bits per heavy atom. The Morgan fingerprint density at radius 2 is 2.05 bits per heavy atom. The lowest BCUT2D eigenvalue weighted by Crippen LogP contribution is -2.41. The average Bonchev–Trinajstić information content (AvgIpc) is 2.54. The second-order valence-corrected chi connectivity index (χ2v) is 5.99. The third kappa shape index (κ3) is 2.86. The zero-order valence-electron chi connectivity index (χ0n) is 13.6. The van der Waals surface area contributed by atoms with Gasteiger partial charge >= 0.3 is 0 Å². The number of nitrogens with one attached hydrogen (secondary N) is 1. The molecule has 2 amide bonds. The molecule has 0 bridgehead atoms. The Hall–Kier alpha value is -1.88. The molecule has 120 valence electrons. The number of amides is 2. The van der Waals surface area contributed by atoms with E-state index in [0.29, 0.717) is 30.6 Å². The molecule has 0 fully saturated rings. The highest BCUT2D eigenvalue weighted by Gasteiger charge is 2.33. The molecule has 1 aliphatic heterocycles. The van der Waals surface area contributed by atoms with Crippen LogP contribution in [0.25, 0.3) is 0 Å². The third-order valence-electron chi connectivity index (χ3n) is 4.89. The quantitative estimate of drug-likeness (QED) is 0.874. The molecule has 2 rings (SSSR count). The lowest BCUT2D eigenvalue weighted by atomic mass is 9.81. The number of benzene rings is 1. The Balaban J connectivity index is 2.24. The molecule has 1 aromatic carbocycles. The van der Waals surface area contributed by atoms with E-state index >= 15 is 0 Å². The maximum atomic E-state index is 12.6. The van der Waals surface area contributed by atoms with Gasteiger partial charge in [0.2, 0.25) is 5.91 Å². The van der Waals surface area contributed by atoms with Crippen LogP contribution in [0.1, 0.15) is 42.6 Å². The van der Waals surface area contributed by atoms with E-state index in [0.717, 1.165) is 18.5 Å². The molecule has 5 nitrogen and oxygen atoms in total. The van der Waals surface area contributed by atoms with Crippen molar-refractivity contribution >= 4 is 17.5 Å². The van der Waals surface area contributed by atoms with Gasteiger partial charge in [0, 0.05) is 31.4 Å². The molecular weight excluding hydrogens is 278 g/mol. The minimum absolute atomic E-state index is 0.00780. The summed E-state index contributed by atoms with van der Waals surface area (Å²) in [5, 5.41) is 2.93. The summed E-state index contributed by atoms with van der Waals surface area (Å²) in [6, 6.07) is 5.57. The SMILES string of the molecule is CCC(CC)(CN)C(=O)Nc1ccc2c(c1)C(=O)N(C)CC2. The molecule has 3 N–H and O–H groups in total. The van der Waals surface area contributed by atoms with Gasteiger partial charge in [-0.05, 0) is 37.0 Å². The fourth-order valence-electron chi connectivity index (χ4n) is 2.88. The molecule has 1 aliphatic rings. The second kappa shape index (κ2) is 6.48. The molecule has 22 heavy (non-hydrogen) atoms. The smallest absolute Gasteiger partial charge is 0.253 e. The zero-order chi connectivity index (χ0) is 16.3. The first-order chi connectivity index (χ1) is 10.5. The van der Waals surface area contributed by atoms with Crippen molar-refractivity contribution in [2.75, 3.05) is 25.5 Å². The molecule has 0 spiro atoms. The van der Waals surface area contributed by atoms with Crippen LogP contribution < -0.4 is 11.1 Å². The number of likely N-dealkylation sites (N-methyl/N-ethyl adjacent to an activating group) is 1. The van der Waals surface area contributed by atoms with Crippen LogP contribution in [-0.4, -0.2) is 36.9 Å². The van der Waals surface area contributed by atoms with Crippen LogP contribution in [0.5, 0.6) is 0 Å². The van der Waals surface area contributed by atoms with Crippen LogP contribution in [-0.2, 0) is 11.2 Å². The van der Waals surface area contributed by atoms with Crippen molar-refractivity contribution in [3.63, 3.8) is 0 Å². The van der Waals surface area contributed by atoms with Gasteiger partial charge in [-0.2, -0.15) is 0 Å². The summed E-state index contributed by atoms with van der Waals surface area (Å²) in [5.74, 6) is -0.0648. The highest BCUT2D eigenvalue weighted by molar-refractivity contribution is 6.00. The van der Waals surface area contributed by atoms with Gasteiger partial charge in [-0.15, -0.1) is 0 Å². The highest BCUT2D eigenvalue weighted by atomic mass is 16.2. The van der Waals surface area contributed by atoms with E-state index < -0.39 is 5.41 Å². The van der Waals surface area contributed by atoms with E-state index in [1.165, 1.54) is 0 Å².